The molecule has 0 radical (unpaired) electrons. The monoisotopic (exact) mass is 268 g/mol. The number of aliphatic hydroxyl groups is 1. The molecule has 3 atom stereocenters. The summed E-state index contributed by atoms with van der Waals surface area (Å²) in [4.78, 5) is 25.0. The molecule has 0 saturated carbocycles. The molecule has 1 fully saturated rings. The van der Waals surface area contributed by atoms with Crippen LogP contribution in [0.15, 0.2) is 21.9 Å². The number of hydrogen-bond acceptors (Lipinski definition) is 4. The molecule has 0 aliphatic carbocycles. The highest BCUT2D eigenvalue weighted by molar-refractivity contribution is 4.98. The van der Waals surface area contributed by atoms with Gasteiger partial charge >= 0.3 is 5.69 Å². The maximum atomic E-state index is 11.8. The average molecular weight is 268 g/mol. The van der Waals surface area contributed by atoms with Crippen LogP contribution in [-0.4, -0.2) is 26.4 Å². The maximum Gasteiger partial charge on any atom is 0.330 e. The Morgan fingerprint density at radius 1 is 1.42 bits per heavy atom. The highest BCUT2D eigenvalue weighted by Gasteiger charge is 2.50. The lowest BCUT2D eigenvalue weighted by molar-refractivity contribution is -0.0980. The quantitative estimate of drug-likeness (QED) is 0.841. The number of hydrogen-bond donors (Lipinski definition) is 2. The first kappa shape index (κ1) is 14.0. The fourth-order valence-corrected chi connectivity index (χ4v) is 2.89. The minimum absolute atomic E-state index is 0.0775. The lowest BCUT2D eigenvalue weighted by Gasteiger charge is -2.30. The SMILES string of the molecule is CCC1(CC)O[C@@H](n2ccc(=O)[nH]c2=O)C(O)[C@H]1C. The molecule has 1 aliphatic heterocycles. The minimum atomic E-state index is -0.775. The summed E-state index contributed by atoms with van der Waals surface area (Å²) >= 11 is 0. The lowest BCUT2D eigenvalue weighted by Crippen LogP contribution is -2.35. The van der Waals surface area contributed by atoms with Crippen molar-refractivity contribution in [1.82, 2.24) is 9.55 Å². The van der Waals surface area contributed by atoms with Crippen molar-refractivity contribution in [3.05, 3.63) is 33.1 Å². The van der Waals surface area contributed by atoms with Gasteiger partial charge in [-0.25, -0.2) is 4.79 Å². The first-order chi connectivity index (χ1) is 8.95. The maximum absolute atomic E-state index is 11.8. The molecule has 1 aromatic rings. The van der Waals surface area contributed by atoms with E-state index in [4.69, 9.17) is 4.74 Å². The number of aromatic nitrogens is 2. The zero-order valence-corrected chi connectivity index (χ0v) is 11.4. The summed E-state index contributed by atoms with van der Waals surface area (Å²) in [5.74, 6) is -0.0775. The molecule has 2 rings (SSSR count). The van der Waals surface area contributed by atoms with Gasteiger partial charge in [0, 0.05) is 18.2 Å². The van der Waals surface area contributed by atoms with E-state index < -0.39 is 29.2 Å². The van der Waals surface area contributed by atoms with Crippen LogP contribution >= 0.6 is 0 Å². The Hall–Kier alpha value is -1.40. The first-order valence-corrected chi connectivity index (χ1v) is 6.62. The Morgan fingerprint density at radius 2 is 2.05 bits per heavy atom. The average Bonchev–Trinajstić information content (AvgIpc) is 2.64. The summed E-state index contributed by atoms with van der Waals surface area (Å²) in [6.07, 6.45) is 1.36. The largest absolute Gasteiger partial charge is 0.388 e. The normalized spacial score (nSPS) is 29.6. The fourth-order valence-electron chi connectivity index (χ4n) is 2.89. The number of rotatable bonds is 3. The van der Waals surface area contributed by atoms with Crippen LogP contribution < -0.4 is 11.2 Å². The lowest BCUT2D eigenvalue weighted by atomic mass is 9.83. The number of H-pyrrole nitrogens is 1. The van der Waals surface area contributed by atoms with E-state index in [0.717, 1.165) is 12.8 Å². The summed E-state index contributed by atoms with van der Waals surface area (Å²) in [6.45, 7) is 5.93. The van der Waals surface area contributed by atoms with Gasteiger partial charge in [-0.15, -0.1) is 0 Å². The molecule has 0 bridgehead atoms. The molecule has 1 aromatic heterocycles. The van der Waals surface area contributed by atoms with Gasteiger partial charge in [-0.1, -0.05) is 20.8 Å². The van der Waals surface area contributed by atoms with E-state index in [1.54, 1.807) is 0 Å². The van der Waals surface area contributed by atoms with Crippen molar-refractivity contribution >= 4 is 0 Å². The topological polar surface area (TPSA) is 84.3 Å². The van der Waals surface area contributed by atoms with Gasteiger partial charge in [0.1, 0.15) is 6.10 Å². The third kappa shape index (κ3) is 2.15. The van der Waals surface area contributed by atoms with Crippen molar-refractivity contribution < 1.29 is 9.84 Å². The van der Waals surface area contributed by atoms with Crippen molar-refractivity contribution in [2.45, 2.75) is 51.5 Å². The van der Waals surface area contributed by atoms with Crippen LogP contribution in [0.5, 0.6) is 0 Å². The molecule has 106 valence electrons. The van der Waals surface area contributed by atoms with Crippen molar-refractivity contribution in [3.63, 3.8) is 0 Å². The first-order valence-electron chi connectivity index (χ1n) is 6.62. The third-order valence-electron chi connectivity index (χ3n) is 4.31. The van der Waals surface area contributed by atoms with E-state index in [1.807, 2.05) is 20.8 Å². The number of ether oxygens (including phenoxy) is 1. The molecular formula is C13H20N2O4. The number of aliphatic hydroxyl groups excluding tert-OH is 1. The van der Waals surface area contributed by atoms with Gasteiger partial charge in [-0.2, -0.15) is 0 Å². The standard InChI is InChI=1S/C13H20N2O4/c1-4-13(5-2)8(3)10(17)11(19-13)15-7-6-9(16)14-12(15)18/h6-8,10-11,17H,4-5H2,1-3H3,(H,14,16,18)/t8-,10?,11-/m1/s1. The van der Waals surface area contributed by atoms with Crippen LogP contribution in [0.1, 0.15) is 39.8 Å². The molecule has 0 amide bonds. The molecule has 2 heterocycles. The second-order valence-corrected chi connectivity index (χ2v) is 5.08. The van der Waals surface area contributed by atoms with E-state index in [0.29, 0.717) is 0 Å². The molecule has 6 heteroatoms. The highest BCUT2D eigenvalue weighted by Crippen LogP contribution is 2.44. The van der Waals surface area contributed by atoms with Gasteiger partial charge in [-0.05, 0) is 12.8 Å². The van der Waals surface area contributed by atoms with Gasteiger partial charge < -0.3 is 9.84 Å². The number of nitrogens with zero attached hydrogens (tertiary/aromatic N) is 1. The van der Waals surface area contributed by atoms with E-state index in [1.165, 1.54) is 16.8 Å². The van der Waals surface area contributed by atoms with Crippen LogP contribution in [0.4, 0.5) is 0 Å². The van der Waals surface area contributed by atoms with E-state index in [2.05, 4.69) is 4.98 Å². The zero-order valence-electron chi connectivity index (χ0n) is 11.4. The second kappa shape index (κ2) is 4.94. The molecule has 1 saturated heterocycles. The van der Waals surface area contributed by atoms with Gasteiger partial charge in [0.05, 0.1) is 5.60 Å². The van der Waals surface area contributed by atoms with Gasteiger partial charge in [0.25, 0.3) is 5.56 Å². The summed E-state index contributed by atoms with van der Waals surface area (Å²) < 4.78 is 7.22. The Bertz CT molecular complexity index is 558. The van der Waals surface area contributed by atoms with Crippen LogP contribution in [-0.2, 0) is 4.74 Å². The van der Waals surface area contributed by atoms with Gasteiger partial charge in [0.2, 0.25) is 0 Å². The van der Waals surface area contributed by atoms with E-state index in [-0.39, 0.29) is 5.92 Å². The molecule has 2 N–H and O–H groups in total. The fraction of sp³-hybridized carbons (Fsp3) is 0.692. The van der Waals surface area contributed by atoms with Crippen molar-refractivity contribution in [2.24, 2.45) is 5.92 Å². The molecule has 1 aliphatic rings. The van der Waals surface area contributed by atoms with E-state index >= 15 is 0 Å². The summed E-state index contributed by atoms with van der Waals surface area (Å²) in [5, 5.41) is 10.3. The van der Waals surface area contributed by atoms with Crippen molar-refractivity contribution in [1.29, 1.82) is 0 Å². The Kier molecular flexibility index (Phi) is 3.64. The van der Waals surface area contributed by atoms with Crippen molar-refractivity contribution in [3.8, 4) is 0 Å². The predicted molar refractivity (Wildman–Crippen MR) is 69.9 cm³/mol. The van der Waals surface area contributed by atoms with Crippen LogP contribution in [0, 0.1) is 5.92 Å². The summed E-state index contributed by atoms with van der Waals surface area (Å²) in [5.41, 5.74) is -1.45. The number of aromatic amines is 1. The van der Waals surface area contributed by atoms with Crippen LogP contribution in [0.25, 0.3) is 0 Å². The van der Waals surface area contributed by atoms with Crippen molar-refractivity contribution in [2.75, 3.05) is 0 Å². The van der Waals surface area contributed by atoms with E-state index in [9.17, 15) is 14.7 Å². The Morgan fingerprint density at radius 3 is 2.53 bits per heavy atom. The van der Waals surface area contributed by atoms with Crippen LogP contribution in [0.2, 0.25) is 0 Å². The Labute approximate surface area is 111 Å². The molecule has 19 heavy (non-hydrogen) atoms. The van der Waals surface area contributed by atoms with Gasteiger partial charge in [0.15, 0.2) is 6.23 Å². The molecular weight excluding hydrogens is 248 g/mol. The minimum Gasteiger partial charge on any atom is -0.388 e. The predicted octanol–water partition coefficient (Wildman–Crippen LogP) is 0.621. The molecule has 0 aromatic carbocycles. The van der Waals surface area contributed by atoms with Crippen LogP contribution in [0.3, 0.4) is 0 Å². The van der Waals surface area contributed by atoms with Gasteiger partial charge in [-0.3, -0.25) is 14.3 Å². The molecule has 6 nitrogen and oxygen atoms in total. The smallest absolute Gasteiger partial charge is 0.330 e. The third-order valence-corrected chi connectivity index (χ3v) is 4.31. The number of nitrogens with one attached hydrogen (secondary N) is 1. The second-order valence-electron chi connectivity index (χ2n) is 5.08. The highest BCUT2D eigenvalue weighted by atomic mass is 16.5. The summed E-state index contributed by atoms with van der Waals surface area (Å²) in [6, 6.07) is 1.25. The zero-order chi connectivity index (χ0) is 14.2. The summed E-state index contributed by atoms with van der Waals surface area (Å²) in [7, 11) is 0. The molecule has 0 spiro atoms. The Balaban J connectivity index is 2.42. The molecule has 1 unspecified atom stereocenters.